The number of aryl methyl sites for hydroxylation is 3. The predicted molar refractivity (Wildman–Crippen MR) is 119 cm³/mol. The second kappa shape index (κ2) is 7.84. The molecule has 1 aliphatic carbocycles. The molecule has 1 aliphatic rings. The normalized spacial score (nSPS) is 12.1. The van der Waals surface area contributed by atoms with Crippen LogP contribution in [-0.2, 0) is 17.6 Å². The van der Waals surface area contributed by atoms with Crippen LogP contribution in [0.25, 0.3) is 10.4 Å². The van der Waals surface area contributed by atoms with Crippen LogP contribution in [0.15, 0.2) is 48.5 Å². The molecular weight excluding hydrogens is 380 g/mol. The quantitative estimate of drug-likeness (QED) is 0.676. The highest BCUT2D eigenvalue weighted by molar-refractivity contribution is 7.17. The molecule has 3 aromatic rings. The number of fused-ring (bicyclic) bond motifs is 3. The summed E-state index contributed by atoms with van der Waals surface area (Å²) in [6.45, 7) is 4.01. The van der Waals surface area contributed by atoms with Gasteiger partial charge in [-0.25, -0.2) is 0 Å². The van der Waals surface area contributed by atoms with Crippen LogP contribution in [0.5, 0.6) is 0 Å². The van der Waals surface area contributed by atoms with E-state index in [0.717, 1.165) is 29.7 Å². The summed E-state index contributed by atoms with van der Waals surface area (Å²) in [5.41, 5.74) is 6.75. The first-order chi connectivity index (χ1) is 13.9. The van der Waals surface area contributed by atoms with Gasteiger partial charge in [0.25, 0.3) is 5.91 Å². The number of carbonyl (C=O) groups excluding carboxylic acids is 2. The van der Waals surface area contributed by atoms with Crippen molar-refractivity contribution >= 4 is 28.8 Å². The van der Waals surface area contributed by atoms with Crippen molar-refractivity contribution in [3.8, 4) is 10.4 Å². The van der Waals surface area contributed by atoms with Crippen molar-refractivity contribution in [3.63, 3.8) is 0 Å². The highest BCUT2D eigenvalue weighted by Gasteiger charge is 2.23. The molecule has 0 bridgehead atoms. The second-order valence-corrected chi connectivity index (χ2v) is 8.63. The molecule has 0 aliphatic heterocycles. The lowest BCUT2D eigenvalue weighted by Gasteiger charge is -2.17. The van der Waals surface area contributed by atoms with Crippen molar-refractivity contribution in [2.24, 2.45) is 0 Å². The van der Waals surface area contributed by atoms with E-state index >= 15 is 0 Å². The first-order valence-electron chi connectivity index (χ1n) is 9.76. The third-order valence-electron chi connectivity index (χ3n) is 5.55. The van der Waals surface area contributed by atoms with Gasteiger partial charge in [0.15, 0.2) is 0 Å². The average Bonchev–Trinajstić information content (AvgIpc) is 3.15. The minimum atomic E-state index is -0.193. The third kappa shape index (κ3) is 3.83. The molecule has 1 N–H and O–H groups in total. The lowest BCUT2D eigenvalue weighted by molar-refractivity contribution is -0.116. The maximum Gasteiger partial charge on any atom is 0.264 e. The van der Waals surface area contributed by atoms with Gasteiger partial charge in [-0.05, 0) is 66.6 Å². The largest absolute Gasteiger partial charge is 0.332 e. The molecule has 2 amide bonds. The van der Waals surface area contributed by atoms with Gasteiger partial charge < -0.3 is 10.2 Å². The number of thiophene rings is 1. The molecule has 4 nitrogen and oxygen atoms in total. The summed E-state index contributed by atoms with van der Waals surface area (Å²) >= 11 is 1.53. The molecule has 0 spiro atoms. The van der Waals surface area contributed by atoms with E-state index < -0.39 is 0 Å². The van der Waals surface area contributed by atoms with Crippen LogP contribution >= 0.6 is 11.3 Å². The van der Waals surface area contributed by atoms with Crippen LogP contribution in [0, 0.1) is 13.8 Å². The van der Waals surface area contributed by atoms with Gasteiger partial charge in [0.1, 0.15) is 0 Å². The maximum atomic E-state index is 12.9. The van der Waals surface area contributed by atoms with E-state index in [9.17, 15) is 9.59 Å². The summed E-state index contributed by atoms with van der Waals surface area (Å²) in [7, 11) is 1.68. The number of benzene rings is 2. The van der Waals surface area contributed by atoms with Crippen LogP contribution in [0.2, 0.25) is 0 Å². The van der Waals surface area contributed by atoms with E-state index in [1.807, 2.05) is 44.2 Å². The predicted octanol–water partition coefficient (Wildman–Crippen LogP) is 4.84. The molecule has 0 radical (unpaired) electrons. The first kappa shape index (κ1) is 19.4. The minimum Gasteiger partial charge on any atom is -0.332 e. The molecule has 1 heterocycles. The molecule has 29 heavy (non-hydrogen) atoms. The SMILES string of the molecule is Cc1cccc(NC(=O)CN(C)C(=O)c2cc3c(s2)-c2ccccc2CC3)c1C. The van der Waals surface area contributed by atoms with Gasteiger partial charge in [-0.15, -0.1) is 11.3 Å². The molecule has 2 aromatic carbocycles. The Morgan fingerprint density at radius 3 is 2.62 bits per heavy atom. The zero-order valence-corrected chi connectivity index (χ0v) is 17.7. The molecule has 0 saturated heterocycles. The molecule has 0 fully saturated rings. The number of carbonyl (C=O) groups is 2. The Hall–Kier alpha value is -2.92. The number of amides is 2. The molecule has 1 aromatic heterocycles. The Morgan fingerprint density at radius 2 is 1.79 bits per heavy atom. The zero-order chi connectivity index (χ0) is 20.5. The van der Waals surface area contributed by atoms with Crippen LogP contribution in [0.3, 0.4) is 0 Å². The monoisotopic (exact) mass is 404 g/mol. The van der Waals surface area contributed by atoms with Gasteiger partial charge in [0.05, 0.1) is 11.4 Å². The second-order valence-electron chi connectivity index (χ2n) is 7.58. The van der Waals surface area contributed by atoms with Gasteiger partial charge in [-0.2, -0.15) is 0 Å². The van der Waals surface area contributed by atoms with Gasteiger partial charge >= 0.3 is 0 Å². The molecule has 4 rings (SSSR count). The van der Waals surface area contributed by atoms with E-state index in [-0.39, 0.29) is 18.4 Å². The standard InChI is InChI=1S/C24H24N2O2S/c1-15-7-6-10-20(16(15)2)25-22(27)14-26(3)24(28)21-13-18-12-11-17-8-4-5-9-19(17)23(18)29-21/h4-10,13H,11-12,14H2,1-3H3,(H,25,27). The fourth-order valence-electron chi connectivity index (χ4n) is 3.73. The zero-order valence-electron chi connectivity index (χ0n) is 16.9. The van der Waals surface area contributed by atoms with Gasteiger partial charge in [-0.1, -0.05) is 36.4 Å². The van der Waals surface area contributed by atoms with Crippen LogP contribution in [0.4, 0.5) is 5.69 Å². The molecule has 5 heteroatoms. The molecular formula is C24H24N2O2S. The number of nitrogens with one attached hydrogen (secondary N) is 1. The summed E-state index contributed by atoms with van der Waals surface area (Å²) in [4.78, 5) is 28.8. The van der Waals surface area contributed by atoms with Crippen molar-refractivity contribution in [2.75, 3.05) is 18.9 Å². The Balaban J connectivity index is 1.47. The number of likely N-dealkylation sites (N-methyl/N-ethyl adjacent to an activating group) is 1. The smallest absolute Gasteiger partial charge is 0.264 e. The number of hydrogen-bond donors (Lipinski definition) is 1. The van der Waals surface area contributed by atoms with E-state index in [4.69, 9.17) is 0 Å². The molecule has 148 valence electrons. The van der Waals surface area contributed by atoms with Crippen molar-refractivity contribution in [3.05, 3.63) is 75.7 Å². The van der Waals surface area contributed by atoms with Gasteiger partial charge in [-0.3, -0.25) is 9.59 Å². The van der Waals surface area contributed by atoms with Gasteiger partial charge in [0, 0.05) is 17.6 Å². The van der Waals surface area contributed by atoms with Crippen molar-refractivity contribution in [1.82, 2.24) is 4.90 Å². The summed E-state index contributed by atoms with van der Waals surface area (Å²) in [6.07, 6.45) is 1.95. The number of rotatable bonds is 4. The van der Waals surface area contributed by atoms with E-state index in [0.29, 0.717) is 4.88 Å². The fraction of sp³-hybridized carbons (Fsp3) is 0.250. The Labute approximate surface area is 175 Å². The van der Waals surface area contributed by atoms with Crippen molar-refractivity contribution in [2.45, 2.75) is 26.7 Å². The maximum absolute atomic E-state index is 12.9. The Kier molecular flexibility index (Phi) is 5.24. The van der Waals surface area contributed by atoms with Gasteiger partial charge in [0.2, 0.25) is 5.91 Å². The minimum absolute atomic E-state index is 0.0192. The number of nitrogens with zero attached hydrogens (tertiary/aromatic N) is 1. The lowest BCUT2D eigenvalue weighted by atomic mass is 9.91. The van der Waals surface area contributed by atoms with Crippen LogP contribution in [0.1, 0.15) is 31.9 Å². The molecule has 0 atom stereocenters. The number of hydrogen-bond acceptors (Lipinski definition) is 3. The highest BCUT2D eigenvalue weighted by atomic mass is 32.1. The fourth-order valence-corrected chi connectivity index (χ4v) is 4.99. The lowest BCUT2D eigenvalue weighted by Crippen LogP contribution is -2.34. The van der Waals surface area contributed by atoms with Crippen molar-refractivity contribution < 1.29 is 9.59 Å². The summed E-state index contributed by atoms with van der Waals surface area (Å²) < 4.78 is 0. The van der Waals surface area contributed by atoms with E-state index in [2.05, 4.69) is 23.5 Å². The van der Waals surface area contributed by atoms with E-state index in [1.165, 1.54) is 37.8 Å². The molecule has 0 unspecified atom stereocenters. The highest BCUT2D eigenvalue weighted by Crippen LogP contribution is 2.39. The average molecular weight is 405 g/mol. The first-order valence-corrected chi connectivity index (χ1v) is 10.6. The topological polar surface area (TPSA) is 49.4 Å². The van der Waals surface area contributed by atoms with E-state index in [1.54, 1.807) is 7.05 Å². The van der Waals surface area contributed by atoms with Crippen LogP contribution in [-0.4, -0.2) is 30.3 Å². The Morgan fingerprint density at radius 1 is 1.03 bits per heavy atom. The number of anilines is 1. The third-order valence-corrected chi connectivity index (χ3v) is 6.75. The van der Waals surface area contributed by atoms with Crippen molar-refractivity contribution in [1.29, 1.82) is 0 Å². The summed E-state index contributed by atoms with van der Waals surface area (Å²) in [5, 5.41) is 2.92. The Bertz CT molecular complexity index is 1100. The summed E-state index contributed by atoms with van der Waals surface area (Å²) in [6, 6.07) is 16.2. The summed E-state index contributed by atoms with van der Waals surface area (Å²) in [5.74, 6) is -0.306. The van der Waals surface area contributed by atoms with Crippen LogP contribution < -0.4 is 5.32 Å². The molecule has 0 saturated carbocycles.